The maximum atomic E-state index is 12.5. The number of amides is 2. The van der Waals surface area contributed by atoms with E-state index in [1.165, 1.54) is 0 Å². The van der Waals surface area contributed by atoms with Crippen LogP contribution in [-0.2, 0) is 11.4 Å². The van der Waals surface area contributed by atoms with Gasteiger partial charge in [0.05, 0.1) is 11.6 Å². The van der Waals surface area contributed by atoms with Crippen molar-refractivity contribution in [1.29, 1.82) is 0 Å². The van der Waals surface area contributed by atoms with E-state index in [4.69, 9.17) is 4.74 Å². The molecule has 1 saturated heterocycles. The largest absolute Gasteiger partial charge is 0.487 e. The lowest BCUT2D eigenvalue weighted by Gasteiger charge is -2.14. The van der Waals surface area contributed by atoms with Gasteiger partial charge < -0.3 is 15.0 Å². The Morgan fingerprint density at radius 1 is 1.36 bits per heavy atom. The number of carbonyl (C=O) groups is 2. The number of H-pyrrole nitrogens is 1. The second-order valence-corrected chi connectivity index (χ2v) is 6.01. The summed E-state index contributed by atoms with van der Waals surface area (Å²) < 4.78 is 5.64. The number of aromatic amines is 1. The predicted octanol–water partition coefficient (Wildman–Crippen LogP) is 1.59. The molecule has 1 aromatic heterocycles. The van der Waals surface area contributed by atoms with Crippen LogP contribution in [0.15, 0.2) is 36.4 Å². The summed E-state index contributed by atoms with van der Waals surface area (Å²) in [6.07, 6.45) is 0.686. The summed E-state index contributed by atoms with van der Waals surface area (Å²) in [6, 6.07) is 11.2. The molecule has 0 spiro atoms. The summed E-state index contributed by atoms with van der Waals surface area (Å²) in [6.45, 7) is 3.81. The van der Waals surface area contributed by atoms with Gasteiger partial charge in [0, 0.05) is 19.6 Å². The lowest BCUT2D eigenvalue weighted by molar-refractivity contribution is -0.124. The quantitative estimate of drug-likeness (QED) is 0.834. The van der Waals surface area contributed by atoms with Crippen molar-refractivity contribution in [2.75, 3.05) is 19.6 Å². The highest BCUT2D eigenvalue weighted by atomic mass is 16.5. The van der Waals surface area contributed by atoms with Gasteiger partial charge >= 0.3 is 0 Å². The smallest absolute Gasteiger partial charge is 0.274 e. The molecule has 2 amide bonds. The summed E-state index contributed by atoms with van der Waals surface area (Å²) in [5.74, 6) is 0.476. The van der Waals surface area contributed by atoms with Gasteiger partial charge in [-0.25, -0.2) is 0 Å². The molecular weight excluding hydrogens is 320 g/mol. The fraction of sp³-hybridized carbons (Fsp3) is 0.389. The number of hydrogen-bond donors (Lipinski definition) is 2. The number of ether oxygens (including phenoxy) is 1. The van der Waals surface area contributed by atoms with Crippen molar-refractivity contribution in [3.05, 3.63) is 47.8 Å². The van der Waals surface area contributed by atoms with E-state index >= 15 is 0 Å². The highest BCUT2D eigenvalue weighted by Gasteiger charge is 2.32. The van der Waals surface area contributed by atoms with Crippen LogP contribution in [0.25, 0.3) is 0 Å². The zero-order valence-corrected chi connectivity index (χ0v) is 14.2. The van der Waals surface area contributed by atoms with E-state index in [9.17, 15) is 9.59 Å². The van der Waals surface area contributed by atoms with Crippen molar-refractivity contribution in [2.24, 2.45) is 5.92 Å². The third-order valence-corrected chi connectivity index (χ3v) is 4.18. The number of likely N-dealkylation sites (tertiary alicyclic amines) is 1. The highest BCUT2D eigenvalue weighted by Crippen LogP contribution is 2.19. The minimum Gasteiger partial charge on any atom is -0.487 e. The Morgan fingerprint density at radius 3 is 2.92 bits per heavy atom. The molecule has 0 radical (unpaired) electrons. The SMILES string of the molecule is CCNC(=O)[C@@H]1CCN(C(=O)c2cc(COc3ccccc3)[nH]n2)C1. The molecule has 2 heterocycles. The van der Waals surface area contributed by atoms with Crippen LogP contribution < -0.4 is 10.1 Å². The third-order valence-electron chi connectivity index (χ3n) is 4.18. The van der Waals surface area contributed by atoms with Gasteiger partial charge in [-0.05, 0) is 31.5 Å². The van der Waals surface area contributed by atoms with Crippen molar-refractivity contribution in [3.8, 4) is 5.75 Å². The van der Waals surface area contributed by atoms with Crippen LogP contribution in [0.2, 0.25) is 0 Å². The minimum absolute atomic E-state index is 0.0109. The van der Waals surface area contributed by atoms with Gasteiger partial charge in [0.25, 0.3) is 5.91 Å². The van der Waals surface area contributed by atoms with E-state index in [0.29, 0.717) is 38.4 Å². The Hall–Kier alpha value is -2.83. The van der Waals surface area contributed by atoms with E-state index in [1.807, 2.05) is 37.3 Å². The molecule has 2 aromatic rings. The highest BCUT2D eigenvalue weighted by molar-refractivity contribution is 5.93. The molecule has 3 rings (SSSR count). The molecule has 2 N–H and O–H groups in total. The van der Waals surface area contributed by atoms with E-state index in [0.717, 1.165) is 11.4 Å². The lowest BCUT2D eigenvalue weighted by atomic mass is 10.1. The molecule has 0 unspecified atom stereocenters. The van der Waals surface area contributed by atoms with Gasteiger partial charge in [0.2, 0.25) is 5.91 Å². The number of hydrogen-bond acceptors (Lipinski definition) is 4. The van der Waals surface area contributed by atoms with Crippen LogP contribution in [0.3, 0.4) is 0 Å². The van der Waals surface area contributed by atoms with Gasteiger partial charge in [-0.2, -0.15) is 5.10 Å². The molecule has 7 heteroatoms. The van der Waals surface area contributed by atoms with Crippen molar-refractivity contribution >= 4 is 11.8 Å². The summed E-state index contributed by atoms with van der Waals surface area (Å²) >= 11 is 0. The number of nitrogens with zero attached hydrogens (tertiary/aromatic N) is 2. The first-order valence-electron chi connectivity index (χ1n) is 8.46. The first kappa shape index (κ1) is 17.0. The number of aromatic nitrogens is 2. The second kappa shape index (κ2) is 7.83. The van der Waals surface area contributed by atoms with Crippen LogP contribution in [0.5, 0.6) is 5.75 Å². The molecule has 1 atom stereocenters. The number of rotatable bonds is 6. The number of nitrogens with one attached hydrogen (secondary N) is 2. The molecule has 0 saturated carbocycles. The van der Waals surface area contributed by atoms with Crippen LogP contribution in [-0.4, -0.2) is 46.5 Å². The molecule has 1 fully saturated rings. The number of carbonyl (C=O) groups excluding carboxylic acids is 2. The molecular formula is C18H22N4O3. The van der Waals surface area contributed by atoms with Gasteiger partial charge in [-0.1, -0.05) is 18.2 Å². The Morgan fingerprint density at radius 2 is 2.16 bits per heavy atom. The number of benzene rings is 1. The summed E-state index contributed by atoms with van der Waals surface area (Å²) in [7, 11) is 0. The molecule has 7 nitrogen and oxygen atoms in total. The Balaban J connectivity index is 1.55. The van der Waals surface area contributed by atoms with Crippen LogP contribution >= 0.6 is 0 Å². The van der Waals surface area contributed by atoms with E-state index in [-0.39, 0.29) is 17.7 Å². The maximum absolute atomic E-state index is 12.5. The molecule has 0 bridgehead atoms. The zero-order valence-electron chi connectivity index (χ0n) is 14.2. The van der Waals surface area contributed by atoms with Gasteiger partial charge in [0.1, 0.15) is 12.4 Å². The maximum Gasteiger partial charge on any atom is 0.274 e. The van der Waals surface area contributed by atoms with Gasteiger partial charge in [0.15, 0.2) is 5.69 Å². The summed E-state index contributed by atoms with van der Waals surface area (Å²) in [5.41, 5.74) is 1.08. The fourth-order valence-electron chi connectivity index (χ4n) is 2.86. The minimum atomic E-state index is -0.158. The molecule has 1 aromatic carbocycles. The van der Waals surface area contributed by atoms with Crippen LogP contribution in [0, 0.1) is 5.92 Å². The first-order chi connectivity index (χ1) is 12.2. The van der Waals surface area contributed by atoms with Crippen molar-refractivity contribution < 1.29 is 14.3 Å². The summed E-state index contributed by atoms with van der Waals surface area (Å²) in [4.78, 5) is 26.1. The van der Waals surface area contributed by atoms with Gasteiger partial charge in [-0.15, -0.1) is 0 Å². The van der Waals surface area contributed by atoms with Crippen LogP contribution in [0.1, 0.15) is 29.5 Å². The van der Waals surface area contributed by atoms with Crippen molar-refractivity contribution in [1.82, 2.24) is 20.4 Å². The van der Waals surface area contributed by atoms with Crippen molar-refractivity contribution in [2.45, 2.75) is 20.0 Å². The normalized spacial score (nSPS) is 16.7. The van der Waals surface area contributed by atoms with E-state index in [2.05, 4.69) is 15.5 Å². The molecule has 0 aliphatic carbocycles. The molecule has 1 aliphatic rings. The zero-order chi connectivity index (χ0) is 17.6. The molecule has 25 heavy (non-hydrogen) atoms. The monoisotopic (exact) mass is 342 g/mol. The van der Waals surface area contributed by atoms with Crippen LogP contribution in [0.4, 0.5) is 0 Å². The predicted molar refractivity (Wildman–Crippen MR) is 92.1 cm³/mol. The Kier molecular flexibility index (Phi) is 5.33. The fourth-order valence-corrected chi connectivity index (χ4v) is 2.86. The average Bonchev–Trinajstić information content (AvgIpc) is 3.30. The van der Waals surface area contributed by atoms with Gasteiger partial charge in [-0.3, -0.25) is 14.7 Å². The molecule has 1 aliphatic heterocycles. The summed E-state index contributed by atoms with van der Waals surface area (Å²) in [5, 5.41) is 9.72. The van der Waals surface area contributed by atoms with E-state index in [1.54, 1.807) is 11.0 Å². The third kappa shape index (κ3) is 4.17. The topological polar surface area (TPSA) is 87.3 Å². The Labute approximate surface area is 146 Å². The van der Waals surface area contributed by atoms with E-state index < -0.39 is 0 Å². The lowest BCUT2D eigenvalue weighted by Crippen LogP contribution is -2.34. The number of para-hydroxylation sites is 1. The first-order valence-corrected chi connectivity index (χ1v) is 8.46. The molecule has 132 valence electrons. The average molecular weight is 342 g/mol. The standard InChI is InChI=1S/C18H22N4O3/c1-2-19-17(23)13-8-9-22(11-13)18(24)16-10-14(20-21-16)12-25-15-6-4-3-5-7-15/h3-7,10,13H,2,8-9,11-12H2,1H3,(H,19,23)(H,20,21)/t13-/m1/s1. The van der Waals surface area contributed by atoms with Crippen molar-refractivity contribution in [3.63, 3.8) is 0 Å². The second-order valence-electron chi connectivity index (χ2n) is 6.01. The Bertz CT molecular complexity index is 729.